The number of hydrogen-bond donors (Lipinski definition) is 1. The van der Waals surface area contributed by atoms with Gasteiger partial charge in [0.2, 0.25) is 10.0 Å². The van der Waals surface area contributed by atoms with Crippen LogP contribution in [0.15, 0.2) is 41.3 Å². The van der Waals surface area contributed by atoms with Gasteiger partial charge < -0.3 is 10.5 Å². The highest BCUT2D eigenvalue weighted by molar-refractivity contribution is 7.89. The normalized spacial score (nSPS) is 11.7. The minimum absolute atomic E-state index is 0.0106. The van der Waals surface area contributed by atoms with Gasteiger partial charge in [0.1, 0.15) is 0 Å². The van der Waals surface area contributed by atoms with Crippen LogP contribution in [0, 0.1) is 12.7 Å². The third-order valence-electron chi connectivity index (χ3n) is 3.66. The molecule has 0 aromatic heterocycles. The molecule has 2 aromatic rings. The molecular formula is C16H19FN2O3S. The topological polar surface area (TPSA) is 72.6 Å². The highest BCUT2D eigenvalue weighted by atomic mass is 32.2. The van der Waals surface area contributed by atoms with Crippen molar-refractivity contribution in [1.82, 2.24) is 4.31 Å². The molecule has 2 aromatic carbocycles. The van der Waals surface area contributed by atoms with E-state index < -0.39 is 15.8 Å². The first-order chi connectivity index (χ1) is 10.8. The Hall–Kier alpha value is -2.12. The van der Waals surface area contributed by atoms with Crippen molar-refractivity contribution < 1.29 is 17.5 Å². The molecule has 2 N–H and O–H groups in total. The summed E-state index contributed by atoms with van der Waals surface area (Å²) in [6.07, 6.45) is 0. The average molecular weight is 338 g/mol. The van der Waals surface area contributed by atoms with Crippen LogP contribution in [0.25, 0.3) is 0 Å². The SMILES string of the molecule is COc1ccc(S(=O)(=O)N(C)Cc2ccccc2N)c(C)c1F. The van der Waals surface area contributed by atoms with Crippen LogP contribution in [0.4, 0.5) is 10.1 Å². The fourth-order valence-electron chi connectivity index (χ4n) is 2.25. The summed E-state index contributed by atoms with van der Waals surface area (Å²) in [5.41, 5.74) is 7.06. The number of ether oxygens (including phenoxy) is 1. The zero-order valence-corrected chi connectivity index (χ0v) is 14.0. The molecule has 5 nitrogen and oxygen atoms in total. The Morgan fingerprint density at radius 3 is 2.48 bits per heavy atom. The van der Waals surface area contributed by atoms with Crippen LogP contribution in [0.5, 0.6) is 5.75 Å². The van der Waals surface area contributed by atoms with Crippen molar-refractivity contribution in [3.63, 3.8) is 0 Å². The Morgan fingerprint density at radius 1 is 1.22 bits per heavy atom. The molecule has 0 fully saturated rings. The maximum absolute atomic E-state index is 14.1. The van der Waals surface area contributed by atoms with Crippen LogP contribution in [0.2, 0.25) is 0 Å². The number of benzene rings is 2. The van der Waals surface area contributed by atoms with Gasteiger partial charge in [0.15, 0.2) is 11.6 Å². The third-order valence-corrected chi connectivity index (χ3v) is 5.61. The zero-order valence-electron chi connectivity index (χ0n) is 13.2. The molecule has 0 amide bonds. The number of sulfonamides is 1. The molecule has 23 heavy (non-hydrogen) atoms. The molecule has 0 saturated heterocycles. The lowest BCUT2D eigenvalue weighted by Crippen LogP contribution is -2.27. The highest BCUT2D eigenvalue weighted by Gasteiger charge is 2.26. The molecule has 0 aliphatic carbocycles. The molecule has 0 heterocycles. The second-order valence-electron chi connectivity index (χ2n) is 5.16. The molecule has 0 radical (unpaired) electrons. The summed E-state index contributed by atoms with van der Waals surface area (Å²) in [6, 6.07) is 9.66. The lowest BCUT2D eigenvalue weighted by molar-refractivity contribution is 0.383. The molecular weight excluding hydrogens is 319 g/mol. The van der Waals surface area contributed by atoms with Crippen molar-refractivity contribution in [2.24, 2.45) is 0 Å². The van der Waals surface area contributed by atoms with Crippen molar-refractivity contribution in [2.75, 3.05) is 19.9 Å². The first-order valence-electron chi connectivity index (χ1n) is 6.92. The minimum atomic E-state index is -3.85. The monoisotopic (exact) mass is 338 g/mol. The largest absolute Gasteiger partial charge is 0.494 e. The van der Waals surface area contributed by atoms with E-state index in [-0.39, 0.29) is 22.8 Å². The number of halogens is 1. The van der Waals surface area contributed by atoms with Crippen molar-refractivity contribution in [3.8, 4) is 5.75 Å². The van der Waals surface area contributed by atoms with Crippen LogP contribution in [-0.2, 0) is 16.6 Å². The maximum Gasteiger partial charge on any atom is 0.243 e. The van der Waals surface area contributed by atoms with Crippen LogP contribution in [0.1, 0.15) is 11.1 Å². The number of nitrogens with two attached hydrogens (primary N) is 1. The Balaban J connectivity index is 2.39. The predicted molar refractivity (Wildman–Crippen MR) is 87.2 cm³/mol. The average Bonchev–Trinajstić information content (AvgIpc) is 2.51. The van der Waals surface area contributed by atoms with Crippen LogP contribution >= 0.6 is 0 Å². The molecule has 0 bridgehead atoms. The molecule has 0 atom stereocenters. The number of methoxy groups -OCH3 is 1. The van der Waals surface area contributed by atoms with Gasteiger partial charge in [-0.2, -0.15) is 4.31 Å². The first kappa shape index (κ1) is 17.2. The van der Waals surface area contributed by atoms with Gasteiger partial charge in [-0.25, -0.2) is 12.8 Å². The Labute approximate surface area is 135 Å². The summed E-state index contributed by atoms with van der Waals surface area (Å²) < 4.78 is 45.5. The third kappa shape index (κ3) is 3.30. The lowest BCUT2D eigenvalue weighted by Gasteiger charge is -2.20. The lowest BCUT2D eigenvalue weighted by atomic mass is 10.2. The highest BCUT2D eigenvalue weighted by Crippen LogP contribution is 2.28. The van der Waals surface area contributed by atoms with Gasteiger partial charge in [0.05, 0.1) is 12.0 Å². The number of para-hydroxylation sites is 1. The first-order valence-corrected chi connectivity index (χ1v) is 8.36. The van der Waals surface area contributed by atoms with E-state index >= 15 is 0 Å². The summed E-state index contributed by atoms with van der Waals surface area (Å²) in [5, 5.41) is 0. The number of nitrogen functional groups attached to an aromatic ring is 1. The van der Waals surface area contributed by atoms with E-state index in [1.54, 1.807) is 24.3 Å². The molecule has 0 unspecified atom stereocenters. The van der Waals surface area contributed by atoms with Crippen molar-refractivity contribution >= 4 is 15.7 Å². The van der Waals surface area contributed by atoms with Crippen molar-refractivity contribution in [3.05, 3.63) is 53.3 Å². The maximum atomic E-state index is 14.1. The number of rotatable bonds is 5. The second kappa shape index (κ2) is 6.55. The summed E-state index contributed by atoms with van der Waals surface area (Å²) in [7, 11) is -1.09. The zero-order chi connectivity index (χ0) is 17.2. The van der Waals surface area contributed by atoms with Crippen LogP contribution in [-0.4, -0.2) is 26.9 Å². The minimum Gasteiger partial charge on any atom is -0.494 e. The molecule has 0 spiro atoms. The van der Waals surface area contributed by atoms with E-state index in [0.29, 0.717) is 11.3 Å². The fraction of sp³-hybridized carbons (Fsp3) is 0.250. The van der Waals surface area contributed by atoms with Gasteiger partial charge in [-0.15, -0.1) is 0 Å². The van der Waals surface area contributed by atoms with Gasteiger partial charge in [0, 0.05) is 24.8 Å². The van der Waals surface area contributed by atoms with Crippen molar-refractivity contribution in [1.29, 1.82) is 0 Å². The van der Waals surface area contributed by atoms with Gasteiger partial charge >= 0.3 is 0 Å². The van der Waals surface area contributed by atoms with Gasteiger partial charge in [-0.3, -0.25) is 0 Å². The number of anilines is 1. The molecule has 2 rings (SSSR count). The summed E-state index contributed by atoms with van der Waals surface area (Å²) >= 11 is 0. The van der Waals surface area contributed by atoms with E-state index in [9.17, 15) is 12.8 Å². The van der Waals surface area contributed by atoms with E-state index in [1.807, 2.05) is 0 Å². The quantitative estimate of drug-likeness (QED) is 0.851. The molecule has 124 valence electrons. The van der Waals surface area contributed by atoms with E-state index in [0.717, 1.165) is 4.31 Å². The summed E-state index contributed by atoms with van der Waals surface area (Å²) in [6.45, 7) is 1.51. The van der Waals surface area contributed by atoms with Gasteiger partial charge in [-0.1, -0.05) is 18.2 Å². The second-order valence-corrected chi connectivity index (χ2v) is 7.18. The van der Waals surface area contributed by atoms with Crippen molar-refractivity contribution in [2.45, 2.75) is 18.4 Å². The standard InChI is InChI=1S/C16H19FN2O3S/c1-11-15(9-8-14(22-3)16(11)17)23(20,21)19(2)10-12-6-4-5-7-13(12)18/h4-9H,10,18H2,1-3H3. The van der Waals surface area contributed by atoms with Crippen LogP contribution < -0.4 is 10.5 Å². The Bertz CT molecular complexity index is 822. The Kier molecular flexibility index (Phi) is 4.91. The number of nitrogens with zero attached hydrogens (tertiary/aromatic N) is 1. The van der Waals surface area contributed by atoms with Gasteiger partial charge in [0.25, 0.3) is 0 Å². The smallest absolute Gasteiger partial charge is 0.243 e. The summed E-state index contributed by atoms with van der Waals surface area (Å²) in [4.78, 5) is -0.0900. The van der Waals surface area contributed by atoms with E-state index in [4.69, 9.17) is 10.5 Å². The number of hydrogen-bond acceptors (Lipinski definition) is 4. The van der Waals surface area contributed by atoms with E-state index in [1.165, 1.54) is 33.2 Å². The molecule has 0 saturated carbocycles. The molecule has 0 aliphatic heterocycles. The summed E-state index contributed by atoms with van der Waals surface area (Å²) in [5.74, 6) is -0.669. The molecule has 0 aliphatic rings. The van der Waals surface area contributed by atoms with Gasteiger partial charge in [-0.05, 0) is 30.7 Å². The predicted octanol–water partition coefficient (Wildman–Crippen LogP) is 2.55. The van der Waals surface area contributed by atoms with Crippen LogP contribution in [0.3, 0.4) is 0 Å². The Morgan fingerprint density at radius 2 is 1.87 bits per heavy atom. The fourth-order valence-corrected chi connectivity index (χ4v) is 3.61. The molecule has 7 heteroatoms. The van der Waals surface area contributed by atoms with E-state index in [2.05, 4.69) is 0 Å².